The van der Waals surface area contributed by atoms with E-state index in [1.807, 2.05) is 6.92 Å². The van der Waals surface area contributed by atoms with E-state index in [0.29, 0.717) is 5.56 Å². The molecule has 11 heteroatoms. The summed E-state index contributed by atoms with van der Waals surface area (Å²) >= 11 is 0. The van der Waals surface area contributed by atoms with E-state index in [2.05, 4.69) is 5.32 Å². The van der Waals surface area contributed by atoms with E-state index in [1.165, 1.54) is 42.5 Å². The highest BCUT2D eigenvalue weighted by molar-refractivity contribution is 7.87. The Morgan fingerprint density at radius 1 is 1.05 bits per heavy atom. The molecular weight excluding hydrogens is 509 g/mol. The van der Waals surface area contributed by atoms with E-state index >= 15 is 0 Å². The molecule has 3 rings (SSSR count). The predicted octanol–water partition coefficient (Wildman–Crippen LogP) is 5.73. The number of ether oxygens (including phenoxy) is 1. The van der Waals surface area contributed by atoms with Gasteiger partial charge in [0.1, 0.15) is 16.5 Å². The Bertz CT molecular complexity index is 1480. The molecule has 0 saturated carbocycles. The lowest BCUT2D eigenvalue weighted by Crippen LogP contribution is -2.14. The van der Waals surface area contributed by atoms with E-state index in [-0.39, 0.29) is 28.7 Å². The van der Waals surface area contributed by atoms with Crippen molar-refractivity contribution >= 4 is 27.8 Å². The van der Waals surface area contributed by atoms with Crippen LogP contribution in [0.4, 0.5) is 18.9 Å². The molecule has 0 bridgehead atoms. The quantitative estimate of drug-likeness (QED) is 0.227. The van der Waals surface area contributed by atoms with Crippen molar-refractivity contribution in [3.05, 3.63) is 89.0 Å². The minimum absolute atomic E-state index is 0.0440. The Labute approximate surface area is 211 Å². The van der Waals surface area contributed by atoms with Crippen molar-refractivity contribution in [3.8, 4) is 17.6 Å². The van der Waals surface area contributed by atoms with Gasteiger partial charge in [0.15, 0.2) is 11.5 Å². The maximum Gasteiger partial charge on any atom is 0.416 e. The van der Waals surface area contributed by atoms with E-state index in [4.69, 9.17) is 8.92 Å². The summed E-state index contributed by atoms with van der Waals surface area (Å²) < 4.78 is 74.9. The van der Waals surface area contributed by atoms with Crippen LogP contribution in [0.2, 0.25) is 0 Å². The number of carbonyl (C=O) groups is 1. The van der Waals surface area contributed by atoms with Crippen LogP contribution in [-0.4, -0.2) is 20.9 Å². The van der Waals surface area contributed by atoms with Gasteiger partial charge in [-0.2, -0.15) is 26.9 Å². The maximum atomic E-state index is 12.9. The maximum absolute atomic E-state index is 12.9. The first-order chi connectivity index (χ1) is 17.4. The zero-order chi connectivity index (χ0) is 27.2. The standard InChI is InChI=1S/C26H21F3N2O5S/c1-3-35-24-14-18(9-12-23(24)36-37(33,34)22-10-7-17(2)8-11-22)13-19(16-30)25(32)31-21-6-4-5-20(15-21)26(27,28)29/h4-15H,3H2,1-2H3,(H,31,32). The van der Waals surface area contributed by atoms with Crippen molar-refractivity contribution in [3.63, 3.8) is 0 Å². The number of nitrogens with zero attached hydrogens (tertiary/aromatic N) is 1. The Balaban J connectivity index is 1.86. The Morgan fingerprint density at radius 2 is 1.76 bits per heavy atom. The van der Waals surface area contributed by atoms with Gasteiger partial charge in [-0.25, -0.2) is 0 Å². The first kappa shape index (κ1) is 27.3. The van der Waals surface area contributed by atoms with Crippen molar-refractivity contribution in [1.82, 2.24) is 0 Å². The summed E-state index contributed by atoms with van der Waals surface area (Å²) in [5, 5.41) is 11.7. The number of carbonyl (C=O) groups excluding carboxylic acids is 1. The number of nitrogens with one attached hydrogen (secondary N) is 1. The van der Waals surface area contributed by atoms with E-state index < -0.39 is 33.3 Å². The number of rotatable bonds is 8. The Hall–Kier alpha value is -4.30. The van der Waals surface area contributed by atoms with Gasteiger partial charge in [-0.15, -0.1) is 0 Å². The highest BCUT2D eigenvalue weighted by Crippen LogP contribution is 2.33. The highest BCUT2D eigenvalue weighted by Gasteiger charge is 2.30. The molecule has 1 amide bonds. The van der Waals surface area contributed by atoms with Gasteiger partial charge in [-0.3, -0.25) is 4.79 Å². The van der Waals surface area contributed by atoms with Gasteiger partial charge in [0, 0.05) is 5.69 Å². The fraction of sp³-hybridized carbons (Fsp3) is 0.154. The lowest BCUT2D eigenvalue weighted by atomic mass is 10.1. The van der Waals surface area contributed by atoms with Crippen molar-refractivity contribution in [2.75, 3.05) is 11.9 Å². The number of nitriles is 1. The molecule has 0 atom stereocenters. The molecule has 0 heterocycles. The summed E-state index contributed by atoms with van der Waals surface area (Å²) in [6, 6.07) is 15.9. The molecule has 0 aliphatic heterocycles. The molecule has 3 aromatic rings. The lowest BCUT2D eigenvalue weighted by molar-refractivity contribution is -0.137. The number of halogens is 3. The normalized spacial score (nSPS) is 11.9. The summed E-state index contributed by atoms with van der Waals surface area (Å²) in [5.41, 5.74) is -0.332. The molecule has 0 saturated heterocycles. The minimum atomic E-state index is -4.60. The van der Waals surface area contributed by atoms with Crippen LogP contribution in [0.5, 0.6) is 11.5 Å². The van der Waals surface area contributed by atoms with Crippen LogP contribution in [0, 0.1) is 18.3 Å². The van der Waals surface area contributed by atoms with Crippen LogP contribution >= 0.6 is 0 Å². The average molecular weight is 531 g/mol. The molecule has 0 unspecified atom stereocenters. The number of hydrogen-bond donors (Lipinski definition) is 1. The summed E-state index contributed by atoms with van der Waals surface area (Å²) in [6.07, 6.45) is -3.41. The fourth-order valence-electron chi connectivity index (χ4n) is 3.11. The first-order valence-corrected chi connectivity index (χ1v) is 12.2. The number of benzene rings is 3. The number of anilines is 1. The van der Waals surface area contributed by atoms with Crippen LogP contribution in [0.1, 0.15) is 23.6 Å². The molecule has 1 N–H and O–H groups in total. The van der Waals surface area contributed by atoms with Crippen molar-refractivity contribution in [2.24, 2.45) is 0 Å². The second-order valence-corrected chi connectivity index (χ2v) is 9.24. The summed E-state index contributed by atoms with van der Waals surface area (Å²) in [7, 11) is -4.17. The van der Waals surface area contributed by atoms with Gasteiger partial charge >= 0.3 is 16.3 Å². The van der Waals surface area contributed by atoms with Crippen LogP contribution in [-0.2, 0) is 21.1 Å². The van der Waals surface area contributed by atoms with Gasteiger partial charge in [-0.05, 0) is 68.0 Å². The molecule has 0 aliphatic carbocycles. The Kier molecular flexibility index (Phi) is 8.24. The molecule has 0 spiro atoms. The van der Waals surface area contributed by atoms with Crippen LogP contribution in [0.15, 0.2) is 77.2 Å². The number of hydrogen-bond acceptors (Lipinski definition) is 6. The highest BCUT2D eigenvalue weighted by atomic mass is 32.2. The zero-order valence-corrected chi connectivity index (χ0v) is 20.5. The minimum Gasteiger partial charge on any atom is -0.490 e. The van der Waals surface area contributed by atoms with Crippen LogP contribution in [0.25, 0.3) is 6.08 Å². The van der Waals surface area contributed by atoms with Crippen molar-refractivity contribution in [1.29, 1.82) is 5.26 Å². The molecule has 37 heavy (non-hydrogen) atoms. The van der Waals surface area contributed by atoms with Crippen molar-refractivity contribution < 1.29 is 35.3 Å². The third-order valence-electron chi connectivity index (χ3n) is 4.90. The number of amides is 1. The fourth-order valence-corrected chi connectivity index (χ4v) is 4.05. The molecule has 0 radical (unpaired) electrons. The molecule has 192 valence electrons. The van der Waals surface area contributed by atoms with E-state index in [1.54, 1.807) is 25.1 Å². The number of aryl methyl sites for hydroxylation is 1. The van der Waals surface area contributed by atoms with Gasteiger partial charge in [0.25, 0.3) is 5.91 Å². The largest absolute Gasteiger partial charge is 0.490 e. The topological polar surface area (TPSA) is 105 Å². The summed E-state index contributed by atoms with van der Waals surface area (Å²) in [5.74, 6) is -0.990. The SMILES string of the molecule is CCOc1cc(C=C(C#N)C(=O)Nc2cccc(C(F)(F)F)c2)ccc1OS(=O)(=O)c1ccc(C)cc1. The average Bonchev–Trinajstić information content (AvgIpc) is 2.84. The molecule has 0 aliphatic rings. The second-order valence-electron chi connectivity index (χ2n) is 7.69. The molecule has 3 aromatic carbocycles. The predicted molar refractivity (Wildman–Crippen MR) is 130 cm³/mol. The number of alkyl halides is 3. The van der Waals surface area contributed by atoms with E-state index in [0.717, 1.165) is 23.8 Å². The van der Waals surface area contributed by atoms with Crippen molar-refractivity contribution in [2.45, 2.75) is 24.9 Å². The van der Waals surface area contributed by atoms with Gasteiger partial charge in [-0.1, -0.05) is 29.8 Å². The van der Waals surface area contributed by atoms with Crippen LogP contribution < -0.4 is 14.2 Å². The lowest BCUT2D eigenvalue weighted by Gasteiger charge is -2.13. The van der Waals surface area contributed by atoms with E-state index in [9.17, 15) is 31.6 Å². The summed E-state index contributed by atoms with van der Waals surface area (Å²) in [4.78, 5) is 12.5. The molecule has 0 aromatic heterocycles. The Morgan fingerprint density at radius 3 is 2.38 bits per heavy atom. The smallest absolute Gasteiger partial charge is 0.416 e. The van der Waals surface area contributed by atoms with Gasteiger partial charge in [0.2, 0.25) is 0 Å². The van der Waals surface area contributed by atoms with Gasteiger partial charge < -0.3 is 14.2 Å². The molecular formula is C26H21F3N2O5S. The zero-order valence-electron chi connectivity index (χ0n) is 19.7. The van der Waals surface area contributed by atoms with Gasteiger partial charge in [0.05, 0.1) is 12.2 Å². The molecule has 0 fully saturated rings. The summed E-state index contributed by atoms with van der Waals surface area (Å²) in [6.45, 7) is 3.64. The first-order valence-electron chi connectivity index (χ1n) is 10.8. The van der Waals surface area contributed by atoms with Crippen LogP contribution in [0.3, 0.4) is 0 Å². The third kappa shape index (κ3) is 7.11. The molecule has 7 nitrogen and oxygen atoms in total. The monoisotopic (exact) mass is 530 g/mol. The third-order valence-corrected chi connectivity index (χ3v) is 6.15. The second kappa shape index (κ2) is 11.2.